The maximum atomic E-state index is 12.6. The van der Waals surface area contributed by atoms with Crippen molar-refractivity contribution in [2.45, 2.75) is 24.3 Å². The van der Waals surface area contributed by atoms with Gasteiger partial charge in [-0.2, -0.15) is 0 Å². The Morgan fingerprint density at radius 1 is 0.909 bits per heavy atom. The van der Waals surface area contributed by atoms with Gasteiger partial charge in [0.15, 0.2) is 6.61 Å². The lowest BCUT2D eigenvalue weighted by atomic mass is 10.1. The van der Waals surface area contributed by atoms with Crippen LogP contribution in [0.1, 0.15) is 24.1 Å². The van der Waals surface area contributed by atoms with Crippen LogP contribution in [0.4, 0.5) is 0 Å². The molecule has 7 nitrogen and oxygen atoms in total. The molecule has 3 aromatic rings. The molecular weight excluding hydrogens is 440 g/mol. The number of methoxy groups -OCH3 is 1. The molecule has 1 atom stereocenters. The first kappa shape index (κ1) is 24.3. The number of hydrogen-bond donors (Lipinski definition) is 2. The van der Waals surface area contributed by atoms with Gasteiger partial charge in [0, 0.05) is 12.6 Å². The molecule has 0 fully saturated rings. The average Bonchev–Trinajstić information content (AvgIpc) is 2.84. The van der Waals surface area contributed by atoms with E-state index >= 15 is 0 Å². The van der Waals surface area contributed by atoms with E-state index in [1.807, 2.05) is 54.6 Å². The number of carbonyl (C=O) groups excluding carboxylic acids is 1. The van der Waals surface area contributed by atoms with Crippen molar-refractivity contribution in [1.82, 2.24) is 10.0 Å². The molecule has 8 heteroatoms. The zero-order valence-electron chi connectivity index (χ0n) is 18.7. The van der Waals surface area contributed by atoms with Gasteiger partial charge in [-0.1, -0.05) is 42.5 Å². The van der Waals surface area contributed by atoms with Crippen molar-refractivity contribution in [3.05, 3.63) is 90.0 Å². The molecule has 1 unspecified atom stereocenters. The number of amides is 1. The second kappa shape index (κ2) is 11.5. The third-order valence-electron chi connectivity index (χ3n) is 5.03. The van der Waals surface area contributed by atoms with Gasteiger partial charge >= 0.3 is 0 Å². The fraction of sp³-hybridized carbons (Fsp3) is 0.240. The van der Waals surface area contributed by atoms with Crippen molar-refractivity contribution in [3.8, 4) is 11.5 Å². The molecule has 2 N–H and O–H groups in total. The van der Waals surface area contributed by atoms with E-state index in [1.165, 1.54) is 24.3 Å². The topological polar surface area (TPSA) is 93.7 Å². The first-order valence-electron chi connectivity index (χ1n) is 10.6. The van der Waals surface area contributed by atoms with Crippen LogP contribution in [0.2, 0.25) is 0 Å². The van der Waals surface area contributed by atoms with E-state index < -0.39 is 10.0 Å². The maximum Gasteiger partial charge on any atom is 0.257 e. The lowest BCUT2D eigenvalue weighted by Crippen LogP contribution is -2.30. The van der Waals surface area contributed by atoms with Gasteiger partial charge in [-0.05, 0) is 60.9 Å². The third-order valence-corrected chi connectivity index (χ3v) is 6.59. The zero-order valence-corrected chi connectivity index (χ0v) is 19.5. The lowest BCUT2D eigenvalue weighted by Gasteiger charge is -2.15. The van der Waals surface area contributed by atoms with E-state index in [9.17, 15) is 13.2 Å². The van der Waals surface area contributed by atoms with Crippen molar-refractivity contribution < 1.29 is 22.7 Å². The van der Waals surface area contributed by atoms with Crippen LogP contribution in [0.5, 0.6) is 11.5 Å². The molecular formula is C25H28N2O5S. The minimum absolute atomic E-state index is 0.126. The van der Waals surface area contributed by atoms with Gasteiger partial charge in [-0.15, -0.1) is 0 Å². The van der Waals surface area contributed by atoms with Gasteiger partial charge in [0.1, 0.15) is 11.5 Å². The number of benzene rings is 3. The van der Waals surface area contributed by atoms with E-state index in [2.05, 4.69) is 10.0 Å². The fourth-order valence-corrected chi connectivity index (χ4v) is 4.40. The number of nitrogens with one attached hydrogen (secondary N) is 2. The molecule has 0 radical (unpaired) electrons. The standard InChI is InChI=1S/C25H28N2O5S/c1-19(21-6-4-3-5-7-21)27-33(29,30)24-14-12-23(13-15-24)32-18-25(28)26-17-16-20-8-10-22(31-2)11-9-20/h3-15,19,27H,16-18H2,1-2H3,(H,26,28). The monoisotopic (exact) mass is 468 g/mol. The molecule has 0 spiro atoms. The van der Waals surface area contributed by atoms with E-state index in [0.29, 0.717) is 18.7 Å². The Labute approximate surface area is 194 Å². The molecule has 0 saturated heterocycles. The number of ether oxygens (including phenoxy) is 2. The highest BCUT2D eigenvalue weighted by atomic mass is 32.2. The Morgan fingerprint density at radius 2 is 1.55 bits per heavy atom. The molecule has 174 valence electrons. The summed E-state index contributed by atoms with van der Waals surface area (Å²) in [5, 5.41) is 2.80. The third kappa shape index (κ3) is 7.34. The van der Waals surface area contributed by atoms with E-state index in [0.717, 1.165) is 16.9 Å². The van der Waals surface area contributed by atoms with E-state index in [1.54, 1.807) is 14.0 Å². The summed E-state index contributed by atoms with van der Waals surface area (Å²) in [5.41, 5.74) is 1.96. The van der Waals surface area contributed by atoms with Crippen LogP contribution in [0.15, 0.2) is 83.8 Å². The van der Waals surface area contributed by atoms with Crippen LogP contribution in [-0.4, -0.2) is 34.6 Å². The van der Waals surface area contributed by atoms with Gasteiger partial charge in [0.2, 0.25) is 10.0 Å². The number of sulfonamides is 1. The summed E-state index contributed by atoms with van der Waals surface area (Å²) in [6.07, 6.45) is 0.691. The molecule has 1 amide bonds. The fourth-order valence-electron chi connectivity index (χ4n) is 3.16. The van der Waals surface area contributed by atoms with Gasteiger partial charge < -0.3 is 14.8 Å². The molecule has 0 aliphatic rings. The number of carbonyl (C=O) groups is 1. The van der Waals surface area contributed by atoms with Crippen LogP contribution in [0, 0.1) is 0 Å². The molecule has 0 saturated carbocycles. The molecule has 0 bridgehead atoms. The first-order chi connectivity index (χ1) is 15.9. The van der Waals surface area contributed by atoms with E-state index in [-0.39, 0.29) is 23.5 Å². The van der Waals surface area contributed by atoms with Crippen LogP contribution in [0.25, 0.3) is 0 Å². The summed E-state index contributed by atoms with van der Waals surface area (Å²) < 4.78 is 38.5. The number of rotatable bonds is 11. The SMILES string of the molecule is COc1ccc(CCNC(=O)COc2ccc(S(=O)(=O)NC(C)c3ccccc3)cc2)cc1. The minimum atomic E-state index is -3.69. The predicted octanol–water partition coefficient (Wildman–Crippen LogP) is 3.47. The molecule has 3 rings (SSSR count). The van der Waals surface area contributed by atoms with Crippen molar-refractivity contribution in [1.29, 1.82) is 0 Å². The highest BCUT2D eigenvalue weighted by Gasteiger charge is 2.18. The second-order valence-corrected chi connectivity index (χ2v) is 9.18. The summed E-state index contributed by atoms with van der Waals surface area (Å²) >= 11 is 0. The Kier molecular flexibility index (Phi) is 8.46. The van der Waals surface area contributed by atoms with Gasteiger partial charge in [-0.3, -0.25) is 4.79 Å². The summed E-state index contributed by atoms with van der Waals surface area (Å²) in [6.45, 7) is 2.12. The van der Waals surface area contributed by atoms with Crippen molar-refractivity contribution in [2.75, 3.05) is 20.3 Å². The summed E-state index contributed by atoms with van der Waals surface area (Å²) in [4.78, 5) is 12.2. The normalized spacial score (nSPS) is 12.1. The Bertz CT molecular complexity index is 1130. The predicted molar refractivity (Wildman–Crippen MR) is 127 cm³/mol. The summed E-state index contributed by atoms with van der Waals surface area (Å²) in [6, 6.07) is 22.6. The maximum absolute atomic E-state index is 12.6. The quantitative estimate of drug-likeness (QED) is 0.449. The largest absolute Gasteiger partial charge is 0.497 e. The molecule has 0 aromatic heterocycles. The van der Waals surface area contributed by atoms with Gasteiger partial charge in [0.25, 0.3) is 5.91 Å². The minimum Gasteiger partial charge on any atom is -0.497 e. The first-order valence-corrected chi connectivity index (χ1v) is 12.1. The second-order valence-electron chi connectivity index (χ2n) is 7.46. The Morgan fingerprint density at radius 3 is 2.18 bits per heavy atom. The van der Waals surface area contributed by atoms with Crippen molar-refractivity contribution in [2.24, 2.45) is 0 Å². The van der Waals surface area contributed by atoms with Crippen molar-refractivity contribution >= 4 is 15.9 Å². The molecule has 0 aliphatic heterocycles. The molecule has 3 aromatic carbocycles. The number of hydrogen-bond acceptors (Lipinski definition) is 5. The van der Waals surface area contributed by atoms with Gasteiger partial charge in [-0.25, -0.2) is 13.1 Å². The van der Waals surface area contributed by atoms with E-state index in [4.69, 9.17) is 9.47 Å². The van der Waals surface area contributed by atoms with Gasteiger partial charge in [0.05, 0.1) is 12.0 Å². The summed E-state index contributed by atoms with van der Waals surface area (Å²) in [7, 11) is -2.08. The van der Waals surface area contributed by atoms with Crippen LogP contribution >= 0.6 is 0 Å². The zero-order chi connectivity index (χ0) is 23.7. The average molecular weight is 469 g/mol. The molecule has 0 heterocycles. The Balaban J connectivity index is 1.45. The van der Waals surface area contributed by atoms with Crippen LogP contribution in [-0.2, 0) is 21.2 Å². The smallest absolute Gasteiger partial charge is 0.257 e. The Hall–Kier alpha value is -3.36. The molecule has 0 aliphatic carbocycles. The van der Waals surface area contributed by atoms with Crippen LogP contribution < -0.4 is 19.5 Å². The lowest BCUT2D eigenvalue weighted by molar-refractivity contribution is -0.123. The highest BCUT2D eigenvalue weighted by Crippen LogP contribution is 2.19. The molecule has 33 heavy (non-hydrogen) atoms. The highest BCUT2D eigenvalue weighted by molar-refractivity contribution is 7.89. The van der Waals surface area contributed by atoms with Crippen molar-refractivity contribution in [3.63, 3.8) is 0 Å². The van der Waals surface area contributed by atoms with Crippen LogP contribution in [0.3, 0.4) is 0 Å². The summed E-state index contributed by atoms with van der Waals surface area (Å²) in [5.74, 6) is 0.949.